The first-order valence-electron chi connectivity index (χ1n) is 9.50. The van der Waals surface area contributed by atoms with Crippen molar-refractivity contribution in [1.29, 1.82) is 0 Å². The van der Waals surface area contributed by atoms with Crippen LogP contribution in [-0.4, -0.2) is 28.8 Å². The summed E-state index contributed by atoms with van der Waals surface area (Å²) >= 11 is 12.3. The van der Waals surface area contributed by atoms with Crippen molar-refractivity contribution in [3.05, 3.63) is 75.0 Å². The van der Waals surface area contributed by atoms with Crippen molar-refractivity contribution in [1.82, 2.24) is 15.1 Å². The van der Waals surface area contributed by atoms with Gasteiger partial charge in [-0.1, -0.05) is 35.3 Å². The van der Waals surface area contributed by atoms with Gasteiger partial charge < -0.3 is 10.1 Å². The lowest BCUT2D eigenvalue weighted by molar-refractivity contribution is 0.0977. The molecule has 162 valence electrons. The first kappa shape index (κ1) is 22.7. The molecular weight excluding hydrogens is 437 g/mol. The van der Waals surface area contributed by atoms with Crippen LogP contribution in [0.3, 0.4) is 0 Å². The third-order valence-corrected chi connectivity index (χ3v) is 5.38. The molecule has 2 N–H and O–H groups in total. The Labute approximate surface area is 191 Å². The maximum absolute atomic E-state index is 12.8. The monoisotopic (exact) mass is 459 g/mol. The molecule has 2 aromatic carbocycles. The highest BCUT2D eigenvalue weighted by molar-refractivity contribution is 6.34. The van der Waals surface area contributed by atoms with E-state index < -0.39 is 5.91 Å². The van der Waals surface area contributed by atoms with Gasteiger partial charge >= 0.3 is 0 Å². The van der Waals surface area contributed by atoms with Gasteiger partial charge in [-0.05, 0) is 44.2 Å². The Morgan fingerprint density at radius 1 is 1.19 bits per heavy atom. The fourth-order valence-electron chi connectivity index (χ4n) is 3.04. The van der Waals surface area contributed by atoms with E-state index in [0.717, 1.165) is 17.0 Å². The van der Waals surface area contributed by atoms with E-state index >= 15 is 0 Å². The summed E-state index contributed by atoms with van der Waals surface area (Å²) in [5.74, 6) is 0.392. The molecule has 0 bridgehead atoms. The van der Waals surface area contributed by atoms with Crippen LogP contribution in [0.2, 0.25) is 10.0 Å². The van der Waals surface area contributed by atoms with Gasteiger partial charge in [-0.3, -0.25) is 14.8 Å². The first-order valence-corrected chi connectivity index (χ1v) is 10.3. The summed E-state index contributed by atoms with van der Waals surface area (Å²) in [5, 5.41) is 11.2. The molecular formula is C22H23Cl2N5O2. The normalized spacial score (nSPS) is 11.4. The van der Waals surface area contributed by atoms with Gasteiger partial charge in [0.1, 0.15) is 5.75 Å². The van der Waals surface area contributed by atoms with Gasteiger partial charge in [0.15, 0.2) is 0 Å². The number of halogens is 2. The zero-order chi connectivity index (χ0) is 22.5. The van der Waals surface area contributed by atoms with Crippen molar-refractivity contribution in [2.45, 2.75) is 20.4 Å². The van der Waals surface area contributed by atoms with Crippen LogP contribution in [0.15, 0.2) is 47.5 Å². The molecule has 0 atom stereocenters. The van der Waals surface area contributed by atoms with E-state index in [2.05, 4.69) is 20.7 Å². The van der Waals surface area contributed by atoms with Crippen molar-refractivity contribution < 1.29 is 9.53 Å². The van der Waals surface area contributed by atoms with Crippen LogP contribution in [-0.2, 0) is 13.6 Å². The Kier molecular flexibility index (Phi) is 7.20. The molecule has 0 aliphatic rings. The number of rotatable bonds is 5. The topological polar surface area (TPSA) is 80.5 Å². The molecule has 0 aliphatic heterocycles. The predicted octanol–water partition coefficient (Wildman–Crippen LogP) is 4.75. The number of guanidine groups is 1. The summed E-state index contributed by atoms with van der Waals surface area (Å²) in [6, 6.07) is 11.9. The number of amides is 1. The molecule has 1 amide bonds. The van der Waals surface area contributed by atoms with Crippen molar-refractivity contribution in [2.24, 2.45) is 12.0 Å². The quantitative estimate of drug-likeness (QED) is 0.426. The second kappa shape index (κ2) is 9.85. The number of aliphatic imine (C=N–C) groups is 1. The number of nitrogens with zero attached hydrogens (tertiary/aromatic N) is 3. The van der Waals surface area contributed by atoms with Crippen LogP contribution in [0.25, 0.3) is 0 Å². The second-order valence-corrected chi connectivity index (χ2v) is 7.69. The van der Waals surface area contributed by atoms with E-state index in [-0.39, 0.29) is 5.96 Å². The summed E-state index contributed by atoms with van der Waals surface area (Å²) in [6.07, 6.45) is 0. The molecule has 3 aromatic rings. The van der Waals surface area contributed by atoms with Gasteiger partial charge in [0.2, 0.25) is 5.96 Å². The van der Waals surface area contributed by atoms with Gasteiger partial charge in [-0.25, -0.2) is 4.99 Å². The van der Waals surface area contributed by atoms with Crippen LogP contribution >= 0.6 is 23.2 Å². The molecule has 31 heavy (non-hydrogen) atoms. The molecule has 0 radical (unpaired) electrons. The van der Waals surface area contributed by atoms with Gasteiger partial charge in [-0.2, -0.15) is 5.10 Å². The second-order valence-electron chi connectivity index (χ2n) is 6.84. The van der Waals surface area contributed by atoms with E-state index in [0.29, 0.717) is 33.6 Å². The van der Waals surface area contributed by atoms with Crippen LogP contribution in [0.4, 0.5) is 5.69 Å². The Bertz CT molecular complexity index is 1140. The standard InChI is InChI=1S/C22H23Cl2N5O2/c1-13-17(14(2)29(3)28-13)12-25-22(26-19-11-15(23)9-10-20(19)31-4)27-21(30)16-7-5-6-8-18(16)24/h5-11H,12H2,1-4H3,(H2,25,26,27,30). The van der Waals surface area contributed by atoms with Gasteiger partial charge in [0, 0.05) is 23.3 Å². The van der Waals surface area contributed by atoms with Crippen LogP contribution in [0, 0.1) is 13.8 Å². The van der Waals surface area contributed by atoms with Gasteiger partial charge in [-0.15, -0.1) is 0 Å². The zero-order valence-corrected chi connectivity index (χ0v) is 19.2. The van der Waals surface area contributed by atoms with Crippen LogP contribution in [0.5, 0.6) is 5.75 Å². The van der Waals surface area contributed by atoms with E-state index in [9.17, 15) is 4.79 Å². The van der Waals surface area contributed by atoms with Crippen molar-refractivity contribution in [3.63, 3.8) is 0 Å². The third kappa shape index (κ3) is 5.37. The average Bonchev–Trinajstić information content (AvgIpc) is 2.97. The van der Waals surface area contributed by atoms with Gasteiger partial charge in [0.25, 0.3) is 5.91 Å². The van der Waals surface area contributed by atoms with Crippen LogP contribution < -0.4 is 15.4 Å². The van der Waals surface area contributed by atoms with E-state index in [4.69, 9.17) is 27.9 Å². The Balaban J connectivity index is 1.94. The Morgan fingerprint density at radius 3 is 2.58 bits per heavy atom. The molecule has 3 rings (SSSR count). The van der Waals surface area contributed by atoms with Crippen molar-refractivity contribution in [2.75, 3.05) is 12.4 Å². The predicted molar refractivity (Wildman–Crippen MR) is 124 cm³/mol. The highest BCUT2D eigenvalue weighted by Crippen LogP contribution is 2.27. The molecule has 0 unspecified atom stereocenters. The van der Waals surface area contributed by atoms with E-state index in [1.807, 2.05) is 20.9 Å². The minimum absolute atomic E-state index is 0.230. The maximum Gasteiger partial charge on any atom is 0.259 e. The summed E-state index contributed by atoms with van der Waals surface area (Å²) in [6.45, 7) is 4.22. The van der Waals surface area contributed by atoms with Crippen molar-refractivity contribution in [3.8, 4) is 5.75 Å². The number of ether oxygens (including phenoxy) is 1. The summed E-state index contributed by atoms with van der Waals surface area (Å²) < 4.78 is 7.19. The molecule has 0 saturated carbocycles. The lowest BCUT2D eigenvalue weighted by atomic mass is 10.2. The van der Waals surface area contributed by atoms with E-state index in [1.165, 1.54) is 0 Å². The SMILES string of the molecule is COc1ccc(Cl)cc1NC(=NCc1c(C)nn(C)c1C)NC(=O)c1ccccc1Cl. The number of carbonyl (C=O) groups excluding carboxylic acids is 1. The molecule has 0 spiro atoms. The van der Waals surface area contributed by atoms with Gasteiger partial charge in [0.05, 0.1) is 35.6 Å². The number of methoxy groups -OCH3 is 1. The number of aryl methyl sites for hydroxylation is 2. The summed E-state index contributed by atoms with van der Waals surface area (Å²) in [5.41, 5.74) is 3.75. The lowest BCUT2D eigenvalue weighted by Crippen LogP contribution is -2.36. The molecule has 7 nitrogen and oxygen atoms in total. The molecule has 1 aromatic heterocycles. The largest absolute Gasteiger partial charge is 0.495 e. The minimum Gasteiger partial charge on any atom is -0.495 e. The molecule has 0 fully saturated rings. The fourth-order valence-corrected chi connectivity index (χ4v) is 3.43. The van der Waals surface area contributed by atoms with Crippen LogP contribution in [0.1, 0.15) is 27.3 Å². The number of anilines is 1. The number of hydrogen-bond donors (Lipinski definition) is 2. The number of aromatic nitrogens is 2. The number of hydrogen-bond acceptors (Lipinski definition) is 4. The minimum atomic E-state index is -0.391. The molecule has 0 saturated heterocycles. The summed E-state index contributed by atoms with van der Waals surface area (Å²) in [7, 11) is 3.43. The fraction of sp³-hybridized carbons (Fsp3) is 0.227. The first-order chi connectivity index (χ1) is 14.8. The third-order valence-electron chi connectivity index (χ3n) is 4.82. The van der Waals surface area contributed by atoms with E-state index in [1.54, 1.807) is 54.3 Å². The Morgan fingerprint density at radius 2 is 1.94 bits per heavy atom. The highest BCUT2D eigenvalue weighted by Gasteiger charge is 2.15. The Hall–Kier alpha value is -3.03. The average molecular weight is 460 g/mol. The lowest BCUT2D eigenvalue weighted by Gasteiger charge is -2.15. The molecule has 9 heteroatoms. The molecule has 1 heterocycles. The number of nitrogens with one attached hydrogen (secondary N) is 2. The highest BCUT2D eigenvalue weighted by atomic mass is 35.5. The number of benzene rings is 2. The smallest absolute Gasteiger partial charge is 0.259 e. The zero-order valence-electron chi connectivity index (χ0n) is 17.7. The summed E-state index contributed by atoms with van der Waals surface area (Å²) in [4.78, 5) is 17.4. The maximum atomic E-state index is 12.8. The molecule has 0 aliphatic carbocycles. The number of carbonyl (C=O) groups is 1. The van der Waals surface area contributed by atoms with Crippen molar-refractivity contribution >= 4 is 40.8 Å².